The monoisotopic (exact) mass is 348 g/mol. The molecule has 1 saturated carbocycles. The maximum atomic E-state index is 12.9. The lowest BCUT2D eigenvalue weighted by Gasteiger charge is -2.30. The fourth-order valence-electron chi connectivity index (χ4n) is 4.08. The maximum Gasteiger partial charge on any atom is 0.318 e. The molecule has 0 radical (unpaired) electrons. The summed E-state index contributed by atoms with van der Waals surface area (Å²) in [5.41, 5.74) is 2.28. The topological polar surface area (TPSA) is 79.6 Å². The minimum Gasteiger partial charge on any atom is -0.394 e. The Kier molecular flexibility index (Phi) is 4.94. The Bertz CT molecular complexity index is 607. The number of aliphatic hydroxyl groups excluding tert-OH is 1. The Balaban J connectivity index is 1.43. The number of aliphatic hydroxyl groups is 1. The molecule has 1 aromatic rings. The normalized spacial score (nSPS) is 25.6. The lowest BCUT2D eigenvalue weighted by Crippen LogP contribution is -2.45. The van der Waals surface area contributed by atoms with Crippen molar-refractivity contribution in [3.63, 3.8) is 0 Å². The van der Waals surface area contributed by atoms with E-state index in [1.54, 1.807) is 0 Å². The van der Waals surface area contributed by atoms with E-state index in [2.05, 4.69) is 10.4 Å². The molecule has 3 aliphatic rings. The quantitative estimate of drug-likeness (QED) is 0.816. The van der Waals surface area contributed by atoms with Gasteiger partial charge in [-0.05, 0) is 38.5 Å². The summed E-state index contributed by atoms with van der Waals surface area (Å²) in [6.45, 7) is 3.01. The molecule has 7 nitrogen and oxygen atoms in total. The van der Waals surface area contributed by atoms with Gasteiger partial charge in [-0.1, -0.05) is 0 Å². The first kappa shape index (κ1) is 16.8. The number of hydrogen-bond donors (Lipinski definition) is 2. The summed E-state index contributed by atoms with van der Waals surface area (Å²) in [4.78, 5) is 15.0. The molecule has 7 heteroatoms. The summed E-state index contributed by atoms with van der Waals surface area (Å²) in [6, 6.07) is 0.493. The van der Waals surface area contributed by atoms with Crippen LogP contribution in [0.25, 0.3) is 0 Å². The average Bonchev–Trinajstić information content (AvgIpc) is 3.15. The first-order valence-electron chi connectivity index (χ1n) is 9.56. The van der Waals surface area contributed by atoms with Crippen molar-refractivity contribution in [3.05, 3.63) is 17.5 Å². The Morgan fingerprint density at radius 1 is 1.40 bits per heavy atom. The molecule has 2 N–H and O–H groups in total. The van der Waals surface area contributed by atoms with E-state index in [0.29, 0.717) is 18.5 Å². The maximum absolute atomic E-state index is 12.9. The van der Waals surface area contributed by atoms with Crippen LogP contribution >= 0.6 is 0 Å². The highest BCUT2D eigenvalue weighted by molar-refractivity contribution is 5.75. The van der Waals surface area contributed by atoms with Gasteiger partial charge < -0.3 is 20.1 Å². The zero-order valence-electron chi connectivity index (χ0n) is 14.7. The molecule has 2 fully saturated rings. The number of nitrogens with one attached hydrogen (secondary N) is 1. The molecule has 0 aromatic carbocycles. The second-order valence-electron chi connectivity index (χ2n) is 7.50. The summed E-state index contributed by atoms with van der Waals surface area (Å²) in [6.07, 6.45) is 8.10. The molecule has 2 aliphatic carbocycles. The van der Waals surface area contributed by atoms with Gasteiger partial charge in [0.1, 0.15) is 0 Å². The third kappa shape index (κ3) is 3.67. The van der Waals surface area contributed by atoms with Crippen LogP contribution in [0.4, 0.5) is 4.79 Å². The van der Waals surface area contributed by atoms with E-state index in [0.717, 1.165) is 69.5 Å². The third-order valence-electron chi connectivity index (χ3n) is 5.60. The van der Waals surface area contributed by atoms with E-state index in [1.807, 2.05) is 15.8 Å². The van der Waals surface area contributed by atoms with Crippen LogP contribution in [0, 0.1) is 5.92 Å². The van der Waals surface area contributed by atoms with E-state index in [9.17, 15) is 9.90 Å². The second-order valence-corrected chi connectivity index (χ2v) is 7.50. The number of rotatable bonds is 6. The number of aromatic nitrogens is 2. The molecular formula is C18H28N4O3. The molecule has 2 atom stereocenters. The largest absolute Gasteiger partial charge is 0.394 e. The Morgan fingerprint density at radius 2 is 2.28 bits per heavy atom. The molecule has 0 spiro atoms. The predicted molar refractivity (Wildman–Crippen MR) is 92.2 cm³/mol. The standard InChI is InChI=1S/C18H28N4O3/c23-8-7-22-17-3-1-2-16(15(17)10-19-22)20-18(24)21(14-4-5-14)11-13-6-9-25-12-13/h10,13-14,16,23H,1-9,11-12H2,(H,20,24)/t13-,16-/m1/s1. The van der Waals surface area contributed by atoms with Gasteiger partial charge in [-0.15, -0.1) is 0 Å². The first-order chi connectivity index (χ1) is 12.3. The van der Waals surface area contributed by atoms with Gasteiger partial charge >= 0.3 is 6.03 Å². The highest BCUT2D eigenvalue weighted by Gasteiger charge is 2.36. The number of amides is 2. The van der Waals surface area contributed by atoms with E-state index in [-0.39, 0.29) is 18.7 Å². The summed E-state index contributed by atoms with van der Waals surface area (Å²) in [5, 5.41) is 16.8. The van der Waals surface area contributed by atoms with Crippen molar-refractivity contribution in [2.45, 2.75) is 57.2 Å². The predicted octanol–water partition coefficient (Wildman–Crippen LogP) is 1.46. The fourth-order valence-corrected chi connectivity index (χ4v) is 4.08. The van der Waals surface area contributed by atoms with E-state index < -0.39 is 0 Å². The van der Waals surface area contributed by atoms with Gasteiger partial charge in [0.25, 0.3) is 0 Å². The van der Waals surface area contributed by atoms with Crippen molar-refractivity contribution in [2.75, 3.05) is 26.4 Å². The number of carbonyl (C=O) groups is 1. The fraction of sp³-hybridized carbons (Fsp3) is 0.778. The van der Waals surface area contributed by atoms with Crippen LogP contribution in [0.1, 0.15) is 49.4 Å². The van der Waals surface area contributed by atoms with E-state index in [4.69, 9.17) is 4.74 Å². The third-order valence-corrected chi connectivity index (χ3v) is 5.60. The zero-order chi connectivity index (χ0) is 17.2. The van der Waals surface area contributed by atoms with Crippen molar-refractivity contribution in [2.24, 2.45) is 5.92 Å². The molecular weight excluding hydrogens is 320 g/mol. The minimum absolute atomic E-state index is 0.0322. The smallest absolute Gasteiger partial charge is 0.318 e. The van der Waals surface area contributed by atoms with Crippen molar-refractivity contribution in [1.29, 1.82) is 0 Å². The number of hydrogen-bond acceptors (Lipinski definition) is 4. The van der Waals surface area contributed by atoms with Gasteiger partial charge in [-0.3, -0.25) is 4.68 Å². The van der Waals surface area contributed by atoms with Crippen LogP contribution in [-0.4, -0.2) is 58.2 Å². The van der Waals surface area contributed by atoms with Crippen molar-refractivity contribution in [1.82, 2.24) is 20.0 Å². The molecule has 4 rings (SSSR count). The summed E-state index contributed by atoms with van der Waals surface area (Å²) in [7, 11) is 0. The number of carbonyl (C=O) groups excluding carboxylic acids is 1. The van der Waals surface area contributed by atoms with Crippen LogP contribution in [0.3, 0.4) is 0 Å². The zero-order valence-corrected chi connectivity index (χ0v) is 14.7. The van der Waals surface area contributed by atoms with Gasteiger partial charge in [0.2, 0.25) is 0 Å². The van der Waals surface area contributed by atoms with Gasteiger partial charge in [-0.2, -0.15) is 5.10 Å². The highest BCUT2D eigenvalue weighted by Crippen LogP contribution is 2.32. The van der Waals surface area contributed by atoms with Gasteiger partial charge in [0, 0.05) is 36.4 Å². The molecule has 0 unspecified atom stereocenters. The molecule has 0 bridgehead atoms. The van der Waals surface area contributed by atoms with E-state index >= 15 is 0 Å². The van der Waals surface area contributed by atoms with Gasteiger partial charge in [-0.25, -0.2) is 4.79 Å². The number of fused-ring (bicyclic) bond motifs is 1. The molecule has 2 amide bonds. The lowest BCUT2D eigenvalue weighted by molar-refractivity contribution is 0.159. The average molecular weight is 348 g/mol. The molecule has 2 heterocycles. The molecule has 25 heavy (non-hydrogen) atoms. The number of nitrogens with zero attached hydrogens (tertiary/aromatic N) is 3. The van der Waals surface area contributed by atoms with Crippen molar-refractivity contribution in [3.8, 4) is 0 Å². The highest BCUT2D eigenvalue weighted by atomic mass is 16.5. The summed E-state index contributed by atoms with van der Waals surface area (Å²) in [5.74, 6) is 0.473. The SMILES string of the molecule is O=C(N[C@@H]1CCCc2c1cnn2CCO)N(C[C@H]1CCOC1)C1CC1. The second kappa shape index (κ2) is 7.33. The Hall–Kier alpha value is -1.60. The molecule has 1 aromatic heterocycles. The van der Waals surface area contributed by atoms with Crippen molar-refractivity contribution < 1.29 is 14.6 Å². The Labute approximate surface area is 148 Å². The van der Waals surface area contributed by atoms with Crippen LogP contribution in [0.15, 0.2) is 6.20 Å². The number of urea groups is 1. The van der Waals surface area contributed by atoms with Crippen LogP contribution in [-0.2, 0) is 17.7 Å². The minimum atomic E-state index is 0.0322. The molecule has 138 valence electrons. The van der Waals surface area contributed by atoms with Crippen LogP contribution in [0.5, 0.6) is 0 Å². The van der Waals surface area contributed by atoms with Gasteiger partial charge in [0.05, 0.1) is 32.0 Å². The molecule has 1 saturated heterocycles. The Morgan fingerprint density at radius 3 is 3.00 bits per heavy atom. The van der Waals surface area contributed by atoms with Crippen molar-refractivity contribution >= 4 is 6.03 Å². The summed E-state index contributed by atoms with van der Waals surface area (Å²) >= 11 is 0. The van der Waals surface area contributed by atoms with E-state index in [1.165, 1.54) is 0 Å². The lowest BCUT2D eigenvalue weighted by atomic mass is 9.93. The van der Waals surface area contributed by atoms with Gasteiger partial charge in [0.15, 0.2) is 0 Å². The summed E-state index contributed by atoms with van der Waals surface area (Å²) < 4.78 is 7.35. The van der Waals surface area contributed by atoms with Crippen LogP contribution < -0.4 is 5.32 Å². The number of ether oxygens (including phenoxy) is 1. The first-order valence-corrected chi connectivity index (χ1v) is 9.56. The molecule has 1 aliphatic heterocycles. The van der Waals surface area contributed by atoms with Crippen LogP contribution in [0.2, 0.25) is 0 Å².